The van der Waals surface area contributed by atoms with E-state index in [1.165, 1.54) is 17.0 Å². The molecule has 3 nitrogen and oxygen atoms in total. The monoisotopic (exact) mass is 308 g/mol. The van der Waals surface area contributed by atoms with Crippen molar-refractivity contribution >= 4 is 11.3 Å². The maximum Gasteiger partial charge on any atom is 0.207 e. The van der Waals surface area contributed by atoms with Gasteiger partial charge in [0.1, 0.15) is 6.04 Å². The Bertz CT molecular complexity index is 699. The van der Waals surface area contributed by atoms with Crippen LogP contribution in [-0.2, 0) is 11.4 Å². The van der Waals surface area contributed by atoms with Crippen LogP contribution in [0.4, 0.5) is 8.78 Å². The summed E-state index contributed by atoms with van der Waals surface area (Å²) in [6.07, 6.45) is 1.81. The lowest BCUT2D eigenvalue weighted by Gasteiger charge is -2.21. The summed E-state index contributed by atoms with van der Waals surface area (Å²) in [7, 11) is 0. The van der Waals surface area contributed by atoms with Crippen molar-refractivity contribution in [1.82, 2.24) is 5.06 Å². The Morgan fingerprint density at radius 1 is 1.24 bits per heavy atom. The number of rotatable bonds is 3. The predicted octanol–water partition coefficient (Wildman–Crippen LogP) is 3.62. The number of halogens is 2. The fourth-order valence-electron chi connectivity index (χ4n) is 2.25. The molecule has 110 valence electrons. The molecule has 1 aliphatic rings. The second-order valence-corrected chi connectivity index (χ2v) is 6.20. The Balaban J connectivity index is 1.82. The molecule has 2 N–H and O–H groups in total. The van der Waals surface area contributed by atoms with E-state index in [1.807, 2.05) is 25.1 Å². The number of nitrogens with two attached hydrogens (primary N) is 1. The van der Waals surface area contributed by atoms with Crippen LogP contribution in [0.2, 0.25) is 0 Å². The molecule has 0 amide bonds. The maximum absolute atomic E-state index is 13.3. The van der Waals surface area contributed by atoms with E-state index >= 15 is 0 Å². The van der Waals surface area contributed by atoms with E-state index in [9.17, 15) is 8.78 Å². The van der Waals surface area contributed by atoms with Gasteiger partial charge in [-0.1, -0.05) is 6.07 Å². The number of benzene rings is 1. The SMILES string of the molecule is Cc1ccc(C2C=C(N)ON2Cc2ccc(F)c(F)c2)s1. The highest BCUT2D eigenvalue weighted by atomic mass is 32.1. The standard InChI is InChI=1S/C15H14F2N2OS/c1-9-2-5-14(21-9)13-7-15(18)20-19(13)8-10-3-4-11(16)12(17)6-10/h2-7,13H,8,18H2,1H3. The molecule has 3 rings (SSSR count). The molecule has 21 heavy (non-hydrogen) atoms. The smallest absolute Gasteiger partial charge is 0.207 e. The van der Waals surface area contributed by atoms with Crippen LogP contribution in [0.15, 0.2) is 42.3 Å². The van der Waals surface area contributed by atoms with Gasteiger partial charge in [0.05, 0.1) is 6.54 Å². The molecule has 1 aliphatic heterocycles. The Hall–Kier alpha value is -1.92. The summed E-state index contributed by atoms with van der Waals surface area (Å²) in [5.41, 5.74) is 6.36. The van der Waals surface area contributed by atoms with Gasteiger partial charge >= 0.3 is 0 Å². The van der Waals surface area contributed by atoms with E-state index in [-0.39, 0.29) is 6.04 Å². The van der Waals surface area contributed by atoms with Crippen molar-refractivity contribution in [2.45, 2.75) is 19.5 Å². The van der Waals surface area contributed by atoms with Gasteiger partial charge in [-0.3, -0.25) is 0 Å². The highest BCUT2D eigenvalue weighted by Gasteiger charge is 2.28. The molecule has 0 spiro atoms. The van der Waals surface area contributed by atoms with Crippen molar-refractivity contribution in [3.8, 4) is 0 Å². The third-order valence-corrected chi connectivity index (χ3v) is 4.30. The van der Waals surface area contributed by atoms with E-state index in [4.69, 9.17) is 10.6 Å². The van der Waals surface area contributed by atoms with E-state index in [0.29, 0.717) is 18.0 Å². The van der Waals surface area contributed by atoms with E-state index < -0.39 is 11.6 Å². The summed E-state index contributed by atoms with van der Waals surface area (Å²) in [4.78, 5) is 7.76. The number of hydrogen-bond donors (Lipinski definition) is 1. The first-order valence-corrected chi connectivity index (χ1v) is 7.27. The van der Waals surface area contributed by atoms with Gasteiger partial charge < -0.3 is 10.6 Å². The fraction of sp³-hybridized carbons (Fsp3) is 0.200. The third kappa shape index (κ3) is 2.91. The molecule has 0 aliphatic carbocycles. The highest BCUT2D eigenvalue weighted by molar-refractivity contribution is 7.12. The average molecular weight is 308 g/mol. The van der Waals surface area contributed by atoms with Crippen molar-refractivity contribution in [3.05, 3.63) is 69.2 Å². The number of aryl methyl sites for hydroxylation is 1. The van der Waals surface area contributed by atoms with Crippen molar-refractivity contribution in [2.24, 2.45) is 5.73 Å². The minimum atomic E-state index is -0.865. The fourth-order valence-corrected chi connectivity index (χ4v) is 3.20. The molecule has 0 radical (unpaired) electrons. The molecule has 1 aromatic heterocycles. The number of nitrogens with zero attached hydrogens (tertiary/aromatic N) is 1. The van der Waals surface area contributed by atoms with Gasteiger partial charge in [-0.15, -0.1) is 16.4 Å². The topological polar surface area (TPSA) is 38.5 Å². The van der Waals surface area contributed by atoms with Gasteiger partial charge in [0, 0.05) is 15.8 Å². The molecule has 0 fully saturated rings. The molecule has 0 saturated heterocycles. The van der Waals surface area contributed by atoms with Gasteiger partial charge in [0.2, 0.25) is 5.88 Å². The van der Waals surface area contributed by atoms with Crippen molar-refractivity contribution < 1.29 is 13.6 Å². The zero-order valence-corrected chi connectivity index (χ0v) is 12.2. The van der Waals surface area contributed by atoms with Crippen LogP contribution in [0.3, 0.4) is 0 Å². The lowest BCUT2D eigenvalue weighted by Crippen LogP contribution is -2.22. The molecule has 0 saturated carbocycles. The van der Waals surface area contributed by atoms with Gasteiger partial charge in [-0.25, -0.2) is 8.78 Å². The molecule has 1 unspecified atom stereocenters. The van der Waals surface area contributed by atoms with Gasteiger partial charge in [-0.05, 0) is 36.8 Å². The molecule has 6 heteroatoms. The predicted molar refractivity (Wildman–Crippen MR) is 77.1 cm³/mol. The van der Waals surface area contributed by atoms with Crippen LogP contribution in [0.5, 0.6) is 0 Å². The van der Waals surface area contributed by atoms with Crippen molar-refractivity contribution in [1.29, 1.82) is 0 Å². The first-order valence-electron chi connectivity index (χ1n) is 6.45. The number of hydrogen-bond acceptors (Lipinski definition) is 4. The van der Waals surface area contributed by atoms with Gasteiger partial charge in [0.15, 0.2) is 11.6 Å². The van der Waals surface area contributed by atoms with E-state index in [2.05, 4.69) is 0 Å². The maximum atomic E-state index is 13.3. The first-order chi connectivity index (χ1) is 10.0. The van der Waals surface area contributed by atoms with Crippen LogP contribution in [0, 0.1) is 18.6 Å². The summed E-state index contributed by atoms with van der Waals surface area (Å²) < 4.78 is 26.3. The summed E-state index contributed by atoms with van der Waals surface area (Å²) in [5, 5.41) is 1.66. The van der Waals surface area contributed by atoms with Crippen LogP contribution in [-0.4, -0.2) is 5.06 Å². The van der Waals surface area contributed by atoms with Crippen LogP contribution >= 0.6 is 11.3 Å². The molecule has 1 atom stereocenters. The van der Waals surface area contributed by atoms with Crippen molar-refractivity contribution in [2.75, 3.05) is 0 Å². The second-order valence-electron chi connectivity index (χ2n) is 4.88. The number of thiophene rings is 1. The van der Waals surface area contributed by atoms with Crippen LogP contribution in [0.1, 0.15) is 21.4 Å². The molecular weight excluding hydrogens is 294 g/mol. The molecule has 0 bridgehead atoms. The normalized spacial score (nSPS) is 18.6. The summed E-state index contributed by atoms with van der Waals surface area (Å²) in [5.74, 6) is -1.41. The van der Waals surface area contributed by atoms with E-state index in [1.54, 1.807) is 16.4 Å². The minimum absolute atomic E-state index is 0.114. The van der Waals surface area contributed by atoms with Gasteiger partial charge in [0.25, 0.3) is 0 Å². The zero-order valence-electron chi connectivity index (χ0n) is 11.3. The molecular formula is C15H14F2N2OS. The average Bonchev–Trinajstić information content (AvgIpc) is 3.00. The quantitative estimate of drug-likeness (QED) is 0.941. The van der Waals surface area contributed by atoms with Crippen LogP contribution in [0.25, 0.3) is 0 Å². The number of hydroxylamine groups is 2. The summed E-state index contributed by atoms with van der Waals surface area (Å²) >= 11 is 1.65. The zero-order chi connectivity index (χ0) is 15.0. The molecule has 1 aromatic carbocycles. The minimum Gasteiger partial charge on any atom is -0.387 e. The largest absolute Gasteiger partial charge is 0.387 e. The lowest BCUT2D eigenvalue weighted by molar-refractivity contribution is -0.127. The Morgan fingerprint density at radius 3 is 2.71 bits per heavy atom. The Kier molecular flexibility index (Phi) is 3.65. The summed E-state index contributed by atoms with van der Waals surface area (Å²) in [6, 6.07) is 7.75. The third-order valence-electron chi connectivity index (χ3n) is 3.23. The first kappa shape index (κ1) is 14.0. The Labute approximate surface area is 125 Å². The summed E-state index contributed by atoms with van der Waals surface area (Å²) in [6.45, 7) is 2.34. The molecule has 2 aromatic rings. The van der Waals surface area contributed by atoms with E-state index in [0.717, 1.165) is 10.9 Å². The highest BCUT2D eigenvalue weighted by Crippen LogP contribution is 2.34. The lowest BCUT2D eigenvalue weighted by atomic mass is 10.1. The van der Waals surface area contributed by atoms with Gasteiger partial charge in [-0.2, -0.15) is 0 Å². The Morgan fingerprint density at radius 2 is 2.05 bits per heavy atom. The second kappa shape index (κ2) is 5.46. The molecule has 2 heterocycles. The van der Waals surface area contributed by atoms with Crippen molar-refractivity contribution in [3.63, 3.8) is 0 Å². The van der Waals surface area contributed by atoms with Crippen LogP contribution < -0.4 is 5.73 Å².